The Balaban J connectivity index is 1.33. The van der Waals surface area contributed by atoms with Crippen LogP contribution >= 0.6 is 40.1 Å². The molecule has 4 rings (SSSR count). The van der Waals surface area contributed by atoms with Crippen LogP contribution in [0.5, 0.6) is 0 Å². The molecule has 0 amide bonds. The first-order chi connectivity index (χ1) is 14.4. The maximum atomic E-state index is 12.4. The minimum Gasteiger partial charge on any atom is -0.464 e. The zero-order valence-electron chi connectivity index (χ0n) is 15.1. The fraction of sp³-hybridized carbons (Fsp3) is 0.100. The lowest BCUT2D eigenvalue weighted by Gasteiger charge is -2.02. The van der Waals surface area contributed by atoms with Gasteiger partial charge in [0.05, 0.1) is 12.5 Å². The Labute approximate surface area is 187 Å². The van der Waals surface area contributed by atoms with Crippen molar-refractivity contribution < 1.29 is 32.0 Å². The molecular formula is C20H12Br2O7P+. The van der Waals surface area contributed by atoms with Gasteiger partial charge >= 0.3 is 8.25 Å². The molecule has 0 fully saturated rings. The summed E-state index contributed by atoms with van der Waals surface area (Å²) < 4.78 is 33.6. The van der Waals surface area contributed by atoms with E-state index in [-0.39, 0.29) is 0 Å². The van der Waals surface area contributed by atoms with E-state index in [4.69, 9.17) is 17.9 Å². The number of Topliss-reactive ketones (excluding diaryl/α,β-unsaturated/α-hetero) is 2. The first-order valence-electron chi connectivity index (χ1n) is 8.55. The van der Waals surface area contributed by atoms with Gasteiger partial charge in [0.1, 0.15) is 11.2 Å². The van der Waals surface area contributed by atoms with E-state index in [2.05, 4.69) is 31.9 Å². The van der Waals surface area contributed by atoms with Crippen molar-refractivity contribution in [3.8, 4) is 0 Å². The molecule has 0 N–H and O–H groups in total. The Bertz CT molecular complexity index is 1190. The average molecular weight is 555 g/mol. The van der Waals surface area contributed by atoms with Crippen molar-refractivity contribution >= 4 is 73.6 Å². The SMILES string of the molecule is O=C(CO[P+](=O)OCC(=O)c1cc2ccoc2cc1Br)c1cc2ccoc2cc1Br. The highest BCUT2D eigenvalue weighted by atomic mass is 79.9. The zero-order valence-corrected chi connectivity index (χ0v) is 19.2. The molecule has 0 aliphatic heterocycles. The molecule has 0 saturated carbocycles. The van der Waals surface area contributed by atoms with Crippen LogP contribution in [0.2, 0.25) is 0 Å². The van der Waals surface area contributed by atoms with Crippen LogP contribution in [0, 0.1) is 0 Å². The highest BCUT2D eigenvalue weighted by Crippen LogP contribution is 2.30. The predicted molar refractivity (Wildman–Crippen MR) is 116 cm³/mol. The van der Waals surface area contributed by atoms with Crippen LogP contribution in [0.15, 0.2) is 66.7 Å². The molecule has 0 unspecified atom stereocenters. The number of carbonyl (C=O) groups excluding carboxylic acids is 2. The molecule has 10 heteroatoms. The molecule has 0 bridgehead atoms. The van der Waals surface area contributed by atoms with Gasteiger partial charge in [0.15, 0.2) is 24.8 Å². The second-order valence-electron chi connectivity index (χ2n) is 6.20. The van der Waals surface area contributed by atoms with Crippen LogP contribution in [0.3, 0.4) is 0 Å². The third-order valence-electron chi connectivity index (χ3n) is 4.29. The predicted octanol–water partition coefficient (Wildman–Crippen LogP) is 6.46. The third-order valence-corrected chi connectivity index (χ3v) is 6.28. The number of furan rings is 2. The van der Waals surface area contributed by atoms with Crippen LogP contribution in [-0.2, 0) is 13.6 Å². The molecule has 0 spiro atoms. The monoisotopic (exact) mass is 553 g/mol. The van der Waals surface area contributed by atoms with Crippen molar-refractivity contribution in [3.05, 3.63) is 69.0 Å². The summed E-state index contributed by atoms with van der Waals surface area (Å²) in [6.07, 6.45) is 3.04. The maximum absolute atomic E-state index is 12.4. The standard InChI is InChI=1S/C20H12Br2O7P/c21-15-7-19-11(1-3-26-19)5-13(15)17(23)9-28-30(25)29-10-18(24)14-6-12-2-4-27-20(12)8-16(14)22/h1-8H,9-10H2/q+1. The van der Waals surface area contributed by atoms with Gasteiger partial charge in [0.2, 0.25) is 0 Å². The van der Waals surface area contributed by atoms with Crippen LogP contribution in [0.25, 0.3) is 21.9 Å². The Kier molecular flexibility index (Phi) is 6.26. The van der Waals surface area contributed by atoms with Crippen LogP contribution in [-0.4, -0.2) is 24.8 Å². The molecule has 2 heterocycles. The van der Waals surface area contributed by atoms with E-state index in [0.29, 0.717) is 31.2 Å². The van der Waals surface area contributed by atoms with Crippen LogP contribution in [0.1, 0.15) is 20.7 Å². The first-order valence-corrected chi connectivity index (χ1v) is 11.2. The molecule has 7 nitrogen and oxygen atoms in total. The van der Waals surface area contributed by atoms with E-state index < -0.39 is 33.0 Å². The Morgan fingerprint density at radius 3 is 1.67 bits per heavy atom. The lowest BCUT2D eigenvalue weighted by Crippen LogP contribution is -2.10. The van der Waals surface area contributed by atoms with E-state index in [1.54, 1.807) is 36.4 Å². The molecule has 30 heavy (non-hydrogen) atoms. The van der Waals surface area contributed by atoms with Gasteiger partial charge in [0.25, 0.3) is 0 Å². The molecule has 0 saturated heterocycles. The quantitative estimate of drug-likeness (QED) is 0.182. The van der Waals surface area contributed by atoms with Crippen molar-refractivity contribution in [2.45, 2.75) is 0 Å². The van der Waals surface area contributed by atoms with Gasteiger partial charge in [-0.05, 0) is 68.3 Å². The molecular weight excluding hydrogens is 543 g/mol. The second kappa shape index (κ2) is 8.91. The maximum Gasteiger partial charge on any atom is 0.698 e. The second-order valence-corrected chi connectivity index (χ2v) is 8.87. The van der Waals surface area contributed by atoms with Gasteiger partial charge in [-0.3, -0.25) is 9.59 Å². The van der Waals surface area contributed by atoms with Gasteiger partial charge in [0, 0.05) is 35.4 Å². The van der Waals surface area contributed by atoms with E-state index in [1.807, 2.05) is 0 Å². The number of ketones is 2. The summed E-state index contributed by atoms with van der Waals surface area (Å²) in [6, 6.07) is 10.1. The third kappa shape index (κ3) is 4.45. The molecule has 2 aromatic heterocycles. The lowest BCUT2D eigenvalue weighted by molar-refractivity contribution is 0.0877. The molecule has 2 aromatic carbocycles. The fourth-order valence-corrected chi connectivity index (χ4v) is 4.42. The number of fused-ring (bicyclic) bond motifs is 2. The number of halogens is 2. The van der Waals surface area contributed by atoms with E-state index in [1.165, 1.54) is 12.5 Å². The van der Waals surface area contributed by atoms with E-state index in [9.17, 15) is 14.2 Å². The largest absolute Gasteiger partial charge is 0.698 e. The fourth-order valence-electron chi connectivity index (χ4n) is 2.81. The van der Waals surface area contributed by atoms with Crippen LogP contribution in [0.4, 0.5) is 0 Å². The minimum absolute atomic E-state index is 0.362. The molecule has 152 valence electrons. The topological polar surface area (TPSA) is 96.0 Å². The van der Waals surface area contributed by atoms with Crippen molar-refractivity contribution in [1.29, 1.82) is 0 Å². The van der Waals surface area contributed by atoms with Crippen molar-refractivity contribution in [2.75, 3.05) is 13.2 Å². The van der Waals surface area contributed by atoms with Crippen molar-refractivity contribution in [1.82, 2.24) is 0 Å². The number of benzene rings is 2. The highest BCUT2D eigenvalue weighted by Gasteiger charge is 2.26. The smallest absolute Gasteiger partial charge is 0.464 e. The van der Waals surface area contributed by atoms with Crippen molar-refractivity contribution in [3.63, 3.8) is 0 Å². The Morgan fingerprint density at radius 1 is 0.800 bits per heavy atom. The molecule has 0 aliphatic rings. The van der Waals surface area contributed by atoms with Gasteiger partial charge in [-0.15, -0.1) is 9.05 Å². The lowest BCUT2D eigenvalue weighted by atomic mass is 10.1. The van der Waals surface area contributed by atoms with E-state index in [0.717, 1.165) is 10.8 Å². The van der Waals surface area contributed by atoms with Gasteiger partial charge in [-0.1, -0.05) is 0 Å². The highest BCUT2D eigenvalue weighted by molar-refractivity contribution is 9.10. The van der Waals surface area contributed by atoms with Crippen LogP contribution < -0.4 is 0 Å². The van der Waals surface area contributed by atoms with Crippen molar-refractivity contribution in [2.24, 2.45) is 0 Å². The molecule has 0 atom stereocenters. The number of hydrogen-bond acceptors (Lipinski definition) is 7. The summed E-state index contributed by atoms with van der Waals surface area (Å²) in [7, 11) is -2.66. The summed E-state index contributed by atoms with van der Waals surface area (Å²) in [5, 5.41) is 1.51. The molecule has 0 aliphatic carbocycles. The Morgan fingerprint density at radius 2 is 1.23 bits per heavy atom. The summed E-state index contributed by atoms with van der Waals surface area (Å²) >= 11 is 6.62. The van der Waals surface area contributed by atoms with Gasteiger partial charge in [-0.2, -0.15) is 0 Å². The van der Waals surface area contributed by atoms with Gasteiger partial charge in [-0.25, -0.2) is 0 Å². The zero-order chi connectivity index (χ0) is 21.3. The molecule has 0 radical (unpaired) electrons. The normalized spacial score (nSPS) is 11.3. The summed E-state index contributed by atoms with van der Waals surface area (Å²) in [5.41, 5.74) is 1.99. The van der Waals surface area contributed by atoms with E-state index >= 15 is 0 Å². The van der Waals surface area contributed by atoms with Gasteiger partial charge < -0.3 is 8.83 Å². The summed E-state index contributed by atoms with van der Waals surface area (Å²) in [5.74, 6) is -0.784. The Hall–Kier alpha value is -2.16. The average Bonchev–Trinajstić information content (AvgIpc) is 3.37. The number of rotatable bonds is 8. The first kappa shape index (κ1) is 21.1. The summed E-state index contributed by atoms with van der Waals surface area (Å²) in [4.78, 5) is 24.8. The molecule has 4 aromatic rings. The minimum atomic E-state index is -2.66. The number of hydrogen-bond donors (Lipinski definition) is 0. The summed E-state index contributed by atoms with van der Waals surface area (Å²) in [6.45, 7) is -0.925. The number of carbonyl (C=O) groups is 2.